The summed E-state index contributed by atoms with van der Waals surface area (Å²) >= 11 is 0. The lowest BCUT2D eigenvalue weighted by molar-refractivity contribution is 0.581. The Hall–Kier alpha value is -5.41. The molecule has 8 aromatic rings. The third-order valence-corrected chi connectivity index (χ3v) is 9.53. The first-order valence-corrected chi connectivity index (χ1v) is 15.1. The Morgan fingerprint density at radius 1 is 0.674 bits per heavy atom. The van der Waals surface area contributed by atoms with Crippen LogP contribution in [0, 0.1) is 0 Å². The van der Waals surface area contributed by atoms with Crippen LogP contribution in [0.15, 0.2) is 120 Å². The number of hydrogen-bond donors (Lipinski definition) is 0. The molecule has 202 valence electrons. The maximum absolute atomic E-state index is 6.68. The predicted octanol–water partition coefficient (Wildman–Crippen LogP) is 10.1. The summed E-state index contributed by atoms with van der Waals surface area (Å²) in [5, 5.41) is 6.34. The lowest BCUT2D eigenvalue weighted by atomic mass is 9.94. The number of oxazole rings is 1. The smallest absolute Gasteiger partial charge is 0.223 e. The maximum Gasteiger partial charge on any atom is 0.223 e. The monoisotopic (exact) mass is 550 g/mol. The largest absolute Gasteiger partial charge is 0.436 e. The quantitative estimate of drug-likeness (QED) is 0.214. The van der Waals surface area contributed by atoms with Crippen LogP contribution in [0.25, 0.3) is 72.0 Å². The van der Waals surface area contributed by atoms with Gasteiger partial charge in [-0.15, -0.1) is 0 Å². The first-order chi connectivity index (χ1) is 21.3. The first kappa shape index (κ1) is 23.2. The highest BCUT2D eigenvalue weighted by molar-refractivity contribution is 6.13. The molecule has 0 unspecified atom stereocenters. The first-order valence-electron chi connectivity index (χ1n) is 15.1. The molecule has 43 heavy (non-hydrogen) atoms. The fraction of sp³-hybridized carbons (Fsp3) is 0.0750. The normalized spacial score (nSPS) is 13.9. The van der Waals surface area contributed by atoms with Gasteiger partial charge in [-0.05, 0) is 87.8 Å². The second-order valence-electron chi connectivity index (χ2n) is 11.9. The Bertz CT molecular complexity index is 2490. The highest BCUT2D eigenvalue weighted by Crippen LogP contribution is 2.45. The van der Waals surface area contributed by atoms with E-state index in [0.29, 0.717) is 0 Å². The predicted molar refractivity (Wildman–Crippen MR) is 177 cm³/mol. The molecule has 3 heteroatoms. The molecule has 0 N–H and O–H groups in total. The molecule has 2 aromatic heterocycles. The Morgan fingerprint density at radius 3 is 2.44 bits per heavy atom. The maximum atomic E-state index is 6.68. The van der Waals surface area contributed by atoms with E-state index < -0.39 is 0 Å². The van der Waals surface area contributed by atoms with E-state index in [1.807, 2.05) is 0 Å². The third kappa shape index (κ3) is 3.28. The lowest BCUT2D eigenvalue weighted by Gasteiger charge is -2.16. The van der Waals surface area contributed by atoms with Gasteiger partial charge in [0.2, 0.25) is 5.89 Å². The second-order valence-corrected chi connectivity index (χ2v) is 11.9. The van der Waals surface area contributed by atoms with E-state index in [0.717, 1.165) is 41.8 Å². The van der Waals surface area contributed by atoms with Crippen molar-refractivity contribution in [2.45, 2.75) is 19.3 Å². The highest BCUT2D eigenvalue weighted by atomic mass is 16.3. The van der Waals surface area contributed by atoms with Crippen LogP contribution in [0.4, 0.5) is 0 Å². The summed E-state index contributed by atoms with van der Waals surface area (Å²) in [6.45, 7) is 0. The van der Waals surface area contributed by atoms with Gasteiger partial charge in [0.15, 0.2) is 5.58 Å². The van der Waals surface area contributed by atoms with Crippen molar-refractivity contribution >= 4 is 55.2 Å². The van der Waals surface area contributed by atoms with E-state index in [1.54, 1.807) is 0 Å². The average molecular weight is 551 g/mol. The van der Waals surface area contributed by atoms with E-state index in [1.165, 1.54) is 71.6 Å². The minimum absolute atomic E-state index is 0.741. The SMILES string of the molecule is C1=C(c2nc3ccc4c(c3o2)-c2ccccc2C4)CCc2c1c1c3ccccc3ccc1n2-c1ccc2ccccc2c1. The standard InChI is InChI=1S/C40H26N2O/c1-2-9-26-22-30(17-13-24(26)7-1)42-35-19-16-29(23-33(35)38-31-11-5-3-8-25(31)15-20-36(38)42)40-41-34-18-14-28-21-27-10-4-6-12-32(27)37(28)39(34)43-40/h1-15,17-18,20,22-23H,16,19,21H2. The second kappa shape index (κ2) is 8.56. The number of benzene rings is 6. The van der Waals surface area contributed by atoms with Crippen LogP contribution in [0.3, 0.4) is 0 Å². The lowest BCUT2D eigenvalue weighted by Crippen LogP contribution is -2.05. The van der Waals surface area contributed by atoms with Gasteiger partial charge in [-0.3, -0.25) is 0 Å². The molecule has 10 rings (SSSR count). The number of hydrogen-bond acceptors (Lipinski definition) is 2. The average Bonchev–Trinajstić information content (AvgIpc) is 3.75. The van der Waals surface area contributed by atoms with Crippen molar-refractivity contribution in [3.63, 3.8) is 0 Å². The Labute approximate surface area is 248 Å². The molecule has 6 aromatic carbocycles. The van der Waals surface area contributed by atoms with Crippen molar-refractivity contribution in [2.75, 3.05) is 0 Å². The minimum atomic E-state index is 0.741. The summed E-state index contributed by atoms with van der Waals surface area (Å²) in [5.74, 6) is 0.741. The van der Waals surface area contributed by atoms with Crippen LogP contribution in [-0.2, 0) is 12.8 Å². The molecular weight excluding hydrogens is 524 g/mol. The molecule has 0 amide bonds. The van der Waals surface area contributed by atoms with Gasteiger partial charge in [0.1, 0.15) is 5.52 Å². The van der Waals surface area contributed by atoms with Gasteiger partial charge in [-0.25, -0.2) is 4.98 Å². The van der Waals surface area contributed by atoms with Crippen molar-refractivity contribution in [3.8, 4) is 16.8 Å². The summed E-state index contributed by atoms with van der Waals surface area (Å²) in [6.07, 6.45) is 5.09. The van der Waals surface area contributed by atoms with Crippen molar-refractivity contribution in [2.24, 2.45) is 0 Å². The van der Waals surface area contributed by atoms with Crippen molar-refractivity contribution < 1.29 is 4.42 Å². The van der Waals surface area contributed by atoms with E-state index in [4.69, 9.17) is 9.40 Å². The molecule has 2 aliphatic carbocycles. The molecule has 0 saturated carbocycles. The van der Waals surface area contributed by atoms with Crippen LogP contribution >= 0.6 is 0 Å². The van der Waals surface area contributed by atoms with E-state index in [2.05, 4.69) is 126 Å². The number of fused-ring (bicyclic) bond motifs is 11. The van der Waals surface area contributed by atoms with Gasteiger partial charge in [-0.2, -0.15) is 0 Å². The van der Waals surface area contributed by atoms with Crippen molar-refractivity contribution in [1.29, 1.82) is 0 Å². The molecule has 0 bridgehead atoms. The molecule has 0 saturated heterocycles. The molecular formula is C40H26N2O. The van der Waals surface area contributed by atoms with Gasteiger partial charge in [0.05, 0.1) is 5.52 Å². The molecule has 2 aliphatic rings. The van der Waals surface area contributed by atoms with Crippen LogP contribution in [0.2, 0.25) is 0 Å². The van der Waals surface area contributed by atoms with E-state index in [9.17, 15) is 0 Å². The Kier molecular flexibility index (Phi) is 4.61. The zero-order valence-corrected chi connectivity index (χ0v) is 23.5. The zero-order chi connectivity index (χ0) is 28.1. The van der Waals surface area contributed by atoms with Gasteiger partial charge >= 0.3 is 0 Å². The van der Waals surface area contributed by atoms with Gasteiger partial charge in [0.25, 0.3) is 0 Å². The summed E-state index contributed by atoms with van der Waals surface area (Å²) < 4.78 is 9.15. The number of rotatable bonds is 2. The van der Waals surface area contributed by atoms with Crippen LogP contribution in [0.5, 0.6) is 0 Å². The Morgan fingerprint density at radius 2 is 1.49 bits per heavy atom. The van der Waals surface area contributed by atoms with Crippen LogP contribution < -0.4 is 0 Å². The van der Waals surface area contributed by atoms with Crippen molar-refractivity contribution in [3.05, 3.63) is 144 Å². The topological polar surface area (TPSA) is 31.0 Å². The highest BCUT2D eigenvalue weighted by Gasteiger charge is 2.27. The molecule has 0 aliphatic heterocycles. The number of allylic oxidation sites excluding steroid dienone is 1. The number of nitrogens with zero attached hydrogens (tertiary/aromatic N) is 2. The minimum Gasteiger partial charge on any atom is -0.436 e. The van der Waals surface area contributed by atoms with Crippen LogP contribution in [-0.4, -0.2) is 9.55 Å². The number of aromatic nitrogens is 2. The Balaban J connectivity index is 1.21. The van der Waals surface area contributed by atoms with Crippen LogP contribution in [0.1, 0.15) is 34.7 Å². The molecule has 0 radical (unpaired) electrons. The van der Waals surface area contributed by atoms with Gasteiger partial charge in [-0.1, -0.05) is 91.0 Å². The van der Waals surface area contributed by atoms with Gasteiger partial charge in [0, 0.05) is 33.5 Å². The fourth-order valence-corrected chi connectivity index (χ4v) is 7.56. The van der Waals surface area contributed by atoms with Crippen molar-refractivity contribution in [1.82, 2.24) is 9.55 Å². The third-order valence-electron chi connectivity index (χ3n) is 9.53. The summed E-state index contributed by atoms with van der Waals surface area (Å²) in [4.78, 5) is 5.06. The fourth-order valence-electron chi connectivity index (χ4n) is 7.56. The van der Waals surface area contributed by atoms with E-state index >= 15 is 0 Å². The molecule has 0 atom stereocenters. The summed E-state index contributed by atoms with van der Waals surface area (Å²) in [7, 11) is 0. The summed E-state index contributed by atoms with van der Waals surface area (Å²) in [6, 6.07) is 41.7. The molecule has 0 spiro atoms. The van der Waals surface area contributed by atoms with Gasteiger partial charge < -0.3 is 8.98 Å². The van der Waals surface area contributed by atoms with E-state index in [-0.39, 0.29) is 0 Å². The molecule has 3 nitrogen and oxygen atoms in total. The zero-order valence-electron chi connectivity index (χ0n) is 23.5. The molecule has 0 fully saturated rings. The summed E-state index contributed by atoms with van der Waals surface area (Å²) in [5.41, 5.74) is 13.2. The molecule has 2 heterocycles.